The Morgan fingerprint density at radius 1 is 1.39 bits per heavy atom. The molecule has 0 aromatic carbocycles. The zero-order chi connectivity index (χ0) is 16.2. The molecule has 0 radical (unpaired) electrons. The minimum Gasteiger partial charge on any atom is -0.376 e. The first-order valence-electron chi connectivity index (χ1n) is 8.84. The Morgan fingerprint density at radius 2 is 2.22 bits per heavy atom. The topological polar surface area (TPSA) is 59.4 Å². The molecule has 0 unspecified atom stereocenters. The first-order chi connectivity index (χ1) is 11.1. The SMILES string of the molecule is CC(C)n1nccc1NC(=O)N(CC1CCC1)C[C@H]1CCCO1. The highest BCUT2D eigenvalue weighted by Crippen LogP contribution is 2.28. The van der Waals surface area contributed by atoms with Crippen LogP contribution in [0.1, 0.15) is 52.0 Å². The fourth-order valence-corrected chi connectivity index (χ4v) is 3.27. The van der Waals surface area contributed by atoms with Crippen LogP contribution in [-0.4, -0.2) is 46.5 Å². The summed E-state index contributed by atoms with van der Waals surface area (Å²) in [7, 11) is 0. The van der Waals surface area contributed by atoms with Gasteiger partial charge in [0.2, 0.25) is 0 Å². The lowest BCUT2D eigenvalue weighted by Crippen LogP contribution is -2.44. The highest BCUT2D eigenvalue weighted by Gasteiger charge is 2.28. The van der Waals surface area contributed by atoms with Crippen LogP contribution in [0.4, 0.5) is 10.6 Å². The number of hydrogen-bond donors (Lipinski definition) is 1. The number of carbonyl (C=O) groups is 1. The van der Waals surface area contributed by atoms with E-state index in [1.807, 2.05) is 15.6 Å². The van der Waals surface area contributed by atoms with Gasteiger partial charge in [-0.05, 0) is 45.4 Å². The number of ether oxygens (including phenoxy) is 1. The molecule has 0 spiro atoms. The smallest absolute Gasteiger partial charge is 0.323 e. The molecular weight excluding hydrogens is 292 g/mol. The van der Waals surface area contributed by atoms with Crippen LogP contribution in [0.3, 0.4) is 0 Å². The molecule has 2 amide bonds. The minimum absolute atomic E-state index is 0.0326. The summed E-state index contributed by atoms with van der Waals surface area (Å²) in [5, 5.41) is 7.31. The Hall–Kier alpha value is -1.56. The molecule has 1 aromatic heterocycles. The molecule has 1 aliphatic heterocycles. The number of anilines is 1. The Bertz CT molecular complexity index is 518. The number of nitrogens with zero attached hydrogens (tertiary/aromatic N) is 3. The predicted octanol–water partition coefficient (Wildman–Crippen LogP) is 3.28. The summed E-state index contributed by atoms with van der Waals surface area (Å²) < 4.78 is 7.56. The number of rotatable bonds is 6. The second kappa shape index (κ2) is 7.34. The van der Waals surface area contributed by atoms with Gasteiger partial charge in [0.1, 0.15) is 5.82 Å². The van der Waals surface area contributed by atoms with Gasteiger partial charge >= 0.3 is 6.03 Å². The lowest BCUT2D eigenvalue weighted by atomic mass is 9.85. The lowest BCUT2D eigenvalue weighted by Gasteiger charge is -2.33. The second-order valence-corrected chi connectivity index (χ2v) is 7.02. The van der Waals surface area contributed by atoms with Crippen LogP contribution in [0, 0.1) is 5.92 Å². The van der Waals surface area contributed by atoms with Gasteiger partial charge in [-0.25, -0.2) is 9.48 Å². The number of carbonyl (C=O) groups excluding carboxylic acids is 1. The predicted molar refractivity (Wildman–Crippen MR) is 89.5 cm³/mol. The summed E-state index contributed by atoms with van der Waals surface area (Å²) in [6.45, 7) is 6.46. The van der Waals surface area contributed by atoms with Gasteiger partial charge in [0.15, 0.2) is 0 Å². The highest BCUT2D eigenvalue weighted by molar-refractivity contribution is 5.88. The van der Waals surface area contributed by atoms with Crippen molar-refractivity contribution in [3.63, 3.8) is 0 Å². The summed E-state index contributed by atoms with van der Waals surface area (Å²) in [6.07, 6.45) is 7.84. The molecule has 6 nitrogen and oxygen atoms in total. The Morgan fingerprint density at radius 3 is 2.83 bits per heavy atom. The normalized spacial score (nSPS) is 21.4. The van der Waals surface area contributed by atoms with E-state index in [0.717, 1.165) is 31.8 Å². The van der Waals surface area contributed by atoms with E-state index in [9.17, 15) is 4.79 Å². The molecule has 2 aliphatic rings. The minimum atomic E-state index is -0.0326. The van der Waals surface area contributed by atoms with Crippen LogP contribution in [0.15, 0.2) is 12.3 Å². The third kappa shape index (κ3) is 4.05. The van der Waals surface area contributed by atoms with Crippen LogP contribution in [-0.2, 0) is 4.74 Å². The molecule has 3 rings (SSSR count). The molecule has 23 heavy (non-hydrogen) atoms. The first-order valence-corrected chi connectivity index (χ1v) is 8.84. The van der Waals surface area contributed by atoms with Crippen molar-refractivity contribution in [2.45, 2.75) is 58.1 Å². The van der Waals surface area contributed by atoms with E-state index in [-0.39, 0.29) is 18.2 Å². The summed E-state index contributed by atoms with van der Waals surface area (Å²) in [4.78, 5) is 14.7. The van der Waals surface area contributed by atoms with Crippen molar-refractivity contribution in [2.75, 3.05) is 25.0 Å². The average molecular weight is 320 g/mol. The van der Waals surface area contributed by atoms with Crippen molar-refractivity contribution >= 4 is 11.8 Å². The summed E-state index contributed by atoms with van der Waals surface area (Å²) in [6, 6.07) is 2.04. The van der Waals surface area contributed by atoms with Gasteiger partial charge in [-0.1, -0.05) is 6.42 Å². The fraction of sp³-hybridized carbons (Fsp3) is 0.765. The first kappa shape index (κ1) is 16.3. The summed E-state index contributed by atoms with van der Waals surface area (Å²) in [5.74, 6) is 1.41. The number of hydrogen-bond acceptors (Lipinski definition) is 3. The van der Waals surface area contributed by atoms with Gasteiger partial charge in [-0.15, -0.1) is 0 Å². The summed E-state index contributed by atoms with van der Waals surface area (Å²) >= 11 is 0. The quantitative estimate of drug-likeness (QED) is 0.875. The maximum atomic E-state index is 12.8. The zero-order valence-corrected chi connectivity index (χ0v) is 14.2. The molecule has 1 saturated heterocycles. The molecule has 2 fully saturated rings. The molecule has 128 valence electrons. The van der Waals surface area contributed by atoms with Gasteiger partial charge in [0.05, 0.1) is 12.3 Å². The maximum absolute atomic E-state index is 12.8. The molecule has 1 aliphatic carbocycles. The number of urea groups is 1. The fourth-order valence-electron chi connectivity index (χ4n) is 3.27. The summed E-state index contributed by atoms with van der Waals surface area (Å²) in [5.41, 5.74) is 0. The van der Waals surface area contributed by atoms with Crippen molar-refractivity contribution < 1.29 is 9.53 Å². The average Bonchev–Trinajstić information content (AvgIpc) is 3.12. The van der Waals surface area contributed by atoms with Crippen molar-refractivity contribution in [3.8, 4) is 0 Å². The molecule has 2 heterocycles. The van der Waals surface area contributed by atoms with Crippen molar-refractivity contribution in [3.05, 3.63) is 12.3 Å². The Labute approximate surface area is 138 Å². The van der Waals surface area contributed by atoms with Crippen molar-refractivity contribution in [1.29, 1.82) is 0 Å². The van der Waals surface area contributed by atoms with Gasteiger partial charge in [0.25, 0.3) is 0 Å². The Balaban J connectivity index is 1.64. The van der Waals surface area contributed by atoms with Crippen molar-refractivity contribution in [2.24, 2.45) is 5.92 Å². The van der Waals surface area contributed by atoms with Crippen LogP contribution >= 0.6 is 0 Å². The molecule has 1 aromatic rings. The van der Waals surface area contributed by atoms with E-state index in [1.165, 1.54) is 19.3 Å². The molecule has 6 heteroatoms. The highest BCUT2D eigenvalue weighted by atomic mass is 16.5. The van der Waals surface area contributed by atoms with Gasteiger partial charge < -0.3 is 9.64 Å². The molecule has 1 N–H and O–H groups in total. The second-order valence-electron chi connectivity index (χ2n) is 7.02. The zero-order valence-electron chi connectivity index (χ0n) is 14.2. The lowest BCUT2D eigenvalue weighted by molar-refractivity contribution is 0.0748. The van der Waals surface area contributed by atoms with E-state index in [1.54, 1.807) is 6.20 Å². The van der Waals surface area contributed by atoms with E-state index in [2.05, 4.69) is 24.3 Å². The standard InChI is InChI=1S/C17H28N4O2/c1-13(2)21-16(8-9-18-21)19-17(22)20(11-14-5-3-6-14)12-15-7-4-10-23-15/h8-9,13-15H,3-7,10-12H2,1-2H3,(H,19,22)/t15-/m1/s1. The third-order valence-corrected chi connectivity index (χ3v) is 4.83. The molecule has 1 saturated carbocycles. The van der Waals surface area contributed by atoms with E-state index < -0.39 is 0 Å². The number of aromatic nitrogens is 2. The van der Waals surface area contributed by atoms with Crippen LogP contribution in [0.5, 0.6) is 0 Å². The van der Waals surface area contributed by atoms with E-state index >= 15 is 0 Å². The van der Waals surface area contributed by atoms with Gasteiger partial charge in [-0.3, -0.25) is 5.32 Å². The third-order valence-electron chi connectivity index (χ3n) is 4.83. The maximum Gasteiger partial charge on any atom is 0.323 e. The largest absolute Gasteiger partial charge is 0.376 e. The van der Waals surface area contributed by atoms with E-state index in [0.29, 0.717) is 12.5 Å². The van der Waals surface area contributed by atoms with Crippen LogP contribution < -0.4 is 5.32 Å². The Kier molecular flexibility index (Phi) is 5.20. The number of nitrogens with one attached hydrogen (secondary N) is 1. The molecule has 1 atom stereocenters. The van der Waals surface area contributed by atoms with Gasteiger partial charge in [0, 0.05) is 31.8 Å². The molecular formula is C17H28N4O2. The number of amides is 2. The van der Waals surface area contributed by atoms with Gasteiger partial charge in [-0.2, -0.15) is 5.10 Å². The van der Waals surface area contributed by atoms with Crippen LogP contribution in [0.25, 0.3) is 0 Å². The van der Waals surface area contributed by atoms with E-state index in [4.69, 9.17) is 4.74 Å². The molecule has 0 bridgehead atoms. The van der Waals surface area contributed by atoms with Crippen LogP contribution in [0.2, 0.25) is 0 Å². The van der Waals surface area contributed by atoms with Crippen molar-refractivity contribution in [1.82, 2.24) is 14.7 Å². The monoisotopic (exact) mass is 320 g/mol.